The number of anilines is 1. The largest absolute Gasteiger partial charge is 0.372 e. The molecule has 2 aliphatic rings. The number of aliphatic imine (C=N–C) groups is 1. The number of carbonyl (C=O) groups is 1. The van der Waals surface area contributed by atoms with E-state index >= 15 is 0 Å². The van der Waals surface area contributed by atoms with Crippen LogP contribution in [0.25, 0.3) is 0 Å². The zero-order valence-corrected chi connectivity index (χ0v) is 18.8. The van der Waals surface area contributed by atoms with Gasteiger partial charge in [0.1, 0.15) is 0 Å². The maximum atomic E-state index is 12.1. The summed E-state index contributed by atoms with van der Waals surface area (Å²) in [5.74, 6) is 1.16. The molecule has 0 bridgehead atoms. The summed E-state index contributed by atoms with van der Waals surface area (Å²) in [6.07, 6.45) is 7.54. The van der Waals surface area contributed by atoms with E-state index in [9.17, 15) is 4.79 Å². The number of hydrogen-bond donors (Lipinski definition) is 2. The number of benzene rings is 1. The minimum atomic E-state index is 0.178. The molecule has 2 fully saturated rings. The fourth-order valence-corrected chi connectivity index (χ4v) is 4.30. The zero-order chi connectivity index (χ0) is 21.2. The van der Waals surface area contributed by atoms with Crippen molar-refractivity contribution in [2.24, 2.45) is 4.99 Å². The van der Waals surface area contributed by atoms with Crippen LogP contribution in [0.2, 0.25) is 0 Å². The summed E-state index contributed by atoms with van der Waals surface area (Å²) in [5.41, 5.74) is 2.60. The van der Waals surface area contributed by atoms with Gasteiger partial charge in [-0.1, -0.05) is 18.6 Å². The zero-order valence-electron chi connectivity index (χ0n) is 18.8. The van der Waals surface area contributed by atoms with Gasteiger partial charge in [0, 0.05) is 51.4 Å². The lowest BCUT2D eigenvalue weighted by molar-refractivity contribution is -0.130. The van der Waals surface area contributed by atoms with Crippen molar-refractivity contribution in [3.8, 4) is 0 Å². The number of hydrogen-bond acceptors (Lipinski definition) is 3. The second-order valence-electron chi connectivity index (χ2n) is 8.46. The molecule has 0 aliphatic carbocycles. The summed E-state index contributed by atoms with van der Waals surface area (Å²) in [4.78, 5) is 21.4. The lowest BCUT2D eigenvalue weighted by Gasteiger charge is -2.22. The Labute approximate surface area is 182 Å². The maximum Gasteiger partial charge on any atom is 0.222 e. The van der Waals surface area contributed by atoms with Crippen molar-refractivity contribution in [2.75, 3.05) is 44.2 Å². The second kappa shape index (κ2) is 11.8. The molecule has 6 nitrogen and oxygen atoms in total. The predicted octanol–water partition coefficient (Wildman–Crippen LogP) is 3.70. The van der Waals surface area contributed by atoms with E-state index in [0.29, 0.717) is 12.3 Å². The Kier molecular flexibility index (Phi) is 8.84. The number of nitrogens with zero attached hydrogens (tertiary/aromatic N) is 3. The van der Waals surface area contributed by atoms with E-state index in [2.05, 4.69) is 53.6 Å². The monoisotopic (exact) mass is 413 g/mol. The fourth-order valence-electron chi connectivity index (χ4n) is 4.30. The fraction of sp³-hybridized carbons (Fsp3) is 0.667. The van der Waals surface area contributed by atoms with E-state index in [-0.39, 0.29) is 6.04 Å². The van der Waals surface area contributed by atoms with E-state index in [0.717, 1.165) is 64.5 Å². The quantitative estimate of drug-likeness (QED) is 0.388. The highest BCUT2D eigenvalue weighted by Crippen LogP contribution is 2.24. The summed E-state index contributed by atoms with van der Waals surface area (Å²) in [5, 5.41) is 6.91. The third-order valence-electron chi connectivity index (χ3n) is 6.07. The molecule has 1 amide bonds. The van der Waals surface area contributed by atoms with Crippen molar-refractivity contribution in [1.82, 2.24) is 15.5 Å². The van der Waals surface area contributed by atoms with Crippen molar-refractivity contribution in [1.29, 1.82) is 0 Å². The standard InChI is InChI=1S/C24H39N5O/c1-3-25-24(26-14-10-18-29-17-6-4-5-13-23(29)30)27-20(2)21-11-9-12-22(19-21)28-15-7-8-16-28/h9,11-12,19-20H,3-8,10,13-18H2,1-2H3,(H2,25,26,27). The molecule has 0 spiro atoms. The van der Waals surface area contributed by atoms with Gasteiger partial charge in [0.15, 0.2) is 5.96 Å². The predicted molar refractivity (Wildman–Crippen MR) is 125 cm³/mol. The molecular weight excluding hydrogens is 374 g/mol. The van der Waals surface area contributed by atoms with Crippen LogP contribution in [0.15, 0.2) is 29.3 Å². The van der Waals surface area contributed by atoms with Crippen molar-refractivity contribution < 1.29 is 4.79 Å². The lowest BCUT2D eigenvalue weighted by atomic mass is 10.1. The Morgan fingerprint density at radius 3 is 2.73 bits per heavy atom. The van der Waals surface area contributed by atoms with E-state index in [1.165, 1.54) is 30.5 Å². The van der Waals surface area contributed by atoms with Crippen molar-refractivity contribution in [3.63, 3.8) is 0 Å². The summed E-state index contributed by atoms with van der Waals surface area (Å²) in [7, 11) is 0. The van der Waals surface area contributed by atoms with E-state index in [1.807, 2.05) is 4.90 Å². The molecule has 166 valence electrons. The SMILES string of the molecule is CCNC(=NCCCN1CCCCCC1=O)NC(C)c1cccc(N2CCCC2)c1. The molecule has 2 N–H and O–H groups in total. The maximum absolute atomic E-state index is 12.1. The van der Waals surface area contributed by atoms with Gasteiger partial charge in [-0.05, 0) is 63.6 Å². The summed E-state index contributed by atoms with van der Waals surface area (Å²) < 4.78 is 0. The third kappa shape index (κ3) is 6.64. The average molecular weight is 414 g/mol. The Balaban J connectivity index is 1.52. The van der Waals surface area contributed by atoms with Gasteiger partial charge in [-0.3, -0.25) is 9.79 Å². The number of rotatable bonds is 8. The molecule has 3 rings (SSSR count). The molecule has 0 saturated carbocycles. The Morgan fingerprint density at radius 1 is 1.13 bits per heavy atom. The molecule has 30 heavy (non-hydrogen) atoms. The molecule has 1 aromatic carbocycles. The van der Waals surface area contributed by atoms with Crippen molar-refractivity contribution in [2.45, 2.75) is 64.8 Å². The summed E-state index contributed by atoms with van der Waals surface area (Å²) in [6.45, 7) is 9.87. The van der Waals surface area contributed by atoms with Crippen molar-refractivity contribution in [3.05, 3.63) is 29.8 Å². The number of carbonyl (C=O) groups excluding carboxylic acids is 1. The topological polar surface area (TPSA) is 60.0 Å². The Bertz CT molecular complexity index is 699. The van der Waals surface area contributed by atoms with Gasteiger partial charge in [-0.25, -0.2) is 0 Å². The smallest absolute Gasteiger partial charge is 0.222 e. The second-order valence-corrected chi connectivity index (χ2v) is 8.46. The molecule has 1 aromatic rings. The van der Waals surface area contributed by atoms with Crippen molar-refractivity contribution >= 4 is 17.6 Å². The van der Waals surface area contributed by atoms with Gasteiger partial charge < -0.3 is 20.4 Å². The molecule has 2 aliphatic heterocycles. The van der Waals surface area contributed by atoms with E-state index in [4.69, 9.17) is 4.99 Å². The van der Waals surface area contributed by atoms with E-state index < -0.39 is 0 Å². The minimum Gasteiger partial charge on any atom is -0.372 e. The first-order valence-corrected chi connectivity index (χ1v) is 11.8. The normalized spacial score (nSPS) is 19.0. The first-order valence-electron chi connectivity index (χ1n) is 11.8. The van der Waals surface area contributed by atoms with Crippen LogP contribution in [0, 0.1) is 0 Å². The van der Waals surface area contributed by atoms with Crippen LogP contribution in [-0.2, 0) is 4.79 Å². The van der Waals surface area contributed by atoms with Gasteiger partial charge in [0.05, 0.1) is 6.04 Å². The number of likely N-dealkylation sites (tertiary alicyclic amines) is 1. The highest BCUT2D eigenvalue weighted by atomic mass is 16.2. The van der Waals surface area contributed by atoms with E-state index in [1.54, 1.807) is 0 Å². The molecular formula is C24H39N5O. The van der Waals surface area contributed by atoms with Crippen LogP contribution in [0.5, 0.6) is 0 Å². The Morgan fingerprint density at radius 2 is 1.93 bits per heavy atom. The van der Waals surface area contributed by atoms with Crippen LogP contribution in [0.1, 0.15) is 70.4 Å². The van der Waals surface area contributed by atoms with Gasteiger partial charge >= 0.3 is 0 Å². The number of guanidine groups is 1. The molecule has 0 aromatic heterocycles. The molecule has 6 heteroatoms. The van der Waals surface area contributed by atoms with Crippen LogP contribution in [0.3, 0.4) is 0 Å². The van der Waals surface area contributed by atoms with Crippen LogP contribution in [0.4, 0.5) is 5.69 Å². The van der Waals surface area contributed by atoms with Gasteiger partial charge in [-0.15, -0.1) is 0 Å². The minimum absolute atomic E-state index is 0.178. The van der Waals surface area contributed by atoms with Crippen LogP contribution in [-0.4, -0.2) is 56.0 Å². The first-order chi connectivity index (χ1) is 14.7. The van der Waals surface area contributed by atoms with Crippen LogP contribution >= 0.6 is 0 Å². The molecule has 2 saturated heterocycles. The molecule has 0 radical (unpaired) electrons. The molecule has 1 unspecified atom stereocenters. The van der Waals surface area contributed by atoms with Gasteiger partial charge in [-0.2, -0.15) is 0 Å². The molecule has 2 heterocycles. The molecule has 1 atom stereocenters. The highest BCUT2D eigenvalue weighted by molar-refractivity contribution is 5.80. The third-order valence-corrected chi connectivity index (χ3v) is 6.07. The first kappa shape index (κ1) is 22.4. The summed E-state index contributed by atoms with van der Waals surface area (Å²) >= 11 is 0. The van der Waals surface area contributed by atoms with Gasteiger partial charge in [0.25, 0.3) is 0 Å². The highest BCUT2D eigenvalue weighted by Gasteiger charge is 2.16. The summed E-state index contributed by atoms with van der Waals surface area (Å²) in [6, 6.07) is 9.04. The van der Waals surface area contributed by atoms with Crippen LogP contribution < -0.4 is 15.5 Å². The Hall–Kier alpha value is -2.24. The van der Waals surface area contributed by atoms with Gasteiger partial charge in [0.2, 0.25) is 5.91 Å². The average Bonchev–Trinajstić information content (AvgIpc) is 3.22. The number of amides is 1. The number of nitrogens with one attached hydrogen (secondary N) is 2. The lowest BCUT2D eigenvalue weighted by Crippen LogP contribution is -2.39.